The first-order valence-electron chi connectivity index (χ1n) is 7.24. The maximum Gasteiger partial charge on any atom is 0.0961 e. The Morgan fingerprint density at radius 2 is 2.11 bits per heavy atom. The average Bonchev–Trinajstić information content (AvgIpc) is 2.84. The van der Waals surface area contributed by atoms with Crippen molar-refractivity contribution in [2.75, 3.05) is 26.4 Å². The maximum atomic E-state index is 6.28. The molecule has 0 saturated carbocycles. The SMILES string of the molecule is CCC(N)(CC)COC1CCOC2(CCOC2)C1. The van der Waals surface area contributed by atoms with Crippen LogP contribution in [0.5, 0.6) is 0 Å². The summed E-state index contributed by atoms with van der Waals surface area (Å²) in [4.78, 5) is 0. The van der Waals surface area contributed by atoms with Crippen LogP contribution < -0.4 is 5.73 Å². The molecule has 106 valence electrons. The van der Waals surface area contributed by atoms with Gasteiger partial charge in [0.05, 0.1) is 24.9 Å². The summed E-state index contributed by atoms with van der Waals surface area (Å²) < 4.78 is 17.4. The van der Waals surface area contributed by atoms with E-state index >= 15 is 0 Å². The molecule has 4 nitrogen and oxygen atoms in total. The zero-order valence-corrected chi connectivity index (χ0v) is 11.7. The van der Waals surface area contributed by atoms with E-state index in [-0.39, 0.29) is 17.2 Å². The third kappa shape index (κ3) is 3.23. The molecule has 0 bridgehead atoms. The molecular formula is C14H27NO3. The van der Waals surface area contributed by atoms with Gasteiger partial charge in [0.25, 0.3) is 0 Å². The Morgan fingerprint density at radius 3 is 2.72 bits per heavy atom. The highest BCUT2D eigenvalue weighted by Crippen LogP contribution is 2.34. The second-order valence-electron chi connectivity index (χ2n) is 5.83. The summed E-state index contributed by atoms with van der Waals surface area (Å²) in [6.07, 6.45) is 5.13. The lowest BCUT2D eigenvalue weighted by molar-refractivity contribution is -0.138. The first-order valence-corrected chi connectivity index (χ1v) is 7.24. The number of ether oxygens (including phenoxy) is 3. The van der Waals surface area contributed by atoms with Gasteiger partial charge in [-0.15, -0.1) is 0 Å². The van der Waals surface area contributed by atoms with Crippen molar-refractivity contribution in [3.05, 3.63) is 0 Å². The first-order chi connectivity index (χ1) is 8.61. The van der Waals surface area contributed by atoms with Crippen LogP contribution in [0.3, 0.4) is 0 Å². The van der Waals surface area contributed by atoms with Crippen molar-refractivity contribution in [1.82, 2.24) is 0 Å². The molecule has 0 amide bonds. The minimum Gasteiger partial charge on any atom is -0.378 e. The molecule has 2 saturated heterocycles. The fraction of sp³-hybridized carbons (Fsp3) is 1.00. The van der Waals surface area contributed by atoms with Gasteiger partial charge in [-0.3, -0.25) is 0 Å². The molecule has 0 aromatic heterocycles. The van der Waals surface area contributed by atoms with E-state index in [9.17, 15) is 0 Å². The molecule has 2 aliphatic rings. The van der Waals surface area contributed by atoms with E-state index in [2.05, 4.69) is 13.8 Å². The van der Waals surface area contributed by atoms with Gasteiger partial charge in [-0.05, 0) is 19.3 Å². The molecule has 1 spiro atoms. The van der Waals surface area contributed by atoms with Crippen LogP contribution in [0.25, 0.3) is 0 Å². The van der Waals surface area contributed by atoms with Crippen molar-refractivity contribution in [3.8, 4) is 0 Å². The van der Waals surface area contributed by atoms with Crippen LogP contribution in [-0.4, -0.2) is 43.7 Å². The Bertz CT molecular complexity index is 260. The molecule has 2 N–H and O–H groups in total. The second-order valence-corrected chi connectivity index (χ2v) is 5.83. The summed E-state index contributed by atoms with van der Waals surface area (Å²) in [6.45, 7) is 7.23. The quantitative estimate of drug-likeness (QED) is 0.817. The zero-order valence-electron chi connectivity index (χ0n) is 11.7. The molecule has 2 atom stereocenters. The van der Waals surface area contributed by atoms with Crippen LogP contribution in [0.1, 0.15) is 46.0 Å². The minimum atomic E-state index is -0.169. The van der Waals surface area contributed by atoms with Crippen molar-refractivity contribution >= 4 is 0 Å². The van der Waals surface area contributed by atoms with E-state index in [4.69, 9.17) is 19.9 Å². The summed E-state index contributed by atoms with van der Waals surface area (Å²) in [6, 6.07) is 0. The smallest absolute Gasteiger partial charge is 0.0961 e. The monoisotopic (exact) mass is 257 g/mol. The second kappa shape index (κ2) is 5.87. The van der Waals surface area contributed by atoms with Gasteiger partial charge in [0, 0.05) is 31.6 Å². The molecule has 2 fully saturated rings. The molecule has 0 aliphatic carbocycles. The van der Waals surface area contributed by atoms with Crippen molar-refractivity contribution < 1.29 is 14.2 Å². The normalized spacial score (nSPS) is 33.2. The van der Waals surface area contributed by atoms with Crippen LogP contribution in [0, 0.1) is 0 Å². The molecule has 2 aliphatic heterocycles. The molecule has 2 heterocycles. The van der Waals surface area contributed by atoms with Crippen molar-refractivity contribution in [1.29, 1.82) is 0 Å². The van der Waals surface area contributed by atoms with Gasteiger partial charge in [-0.25, -0.2) is 0 Å². The summed E-state index contributed by atoms with van der Waals surface area (Å²) in [5.74, 6) is 0. The van der Waals surface area contributed by atoms with Crippen molar-refractivity contribution in [3.63, 3.8) is 0 Å². The predicted octanol–water partition coefficient (Wildman–Crippen LogP) is 1.86. The summed E-state index contributed by atoms with van der Waals surface area (Å²) in [5.41, 5.74) is 6.04. The highest BCUT2D eigenvalue weighted by Gasteiger charge is 2.41. The molecule has 0 aromatic rings. The lowest BCUT2D eigenvalue weighted by Crippen LogP contribution is -2.47. The van der Waals surface area contributed by atoms with Crippen LogP contribution in [0.15, 0.2) is 0 Å². The van der Waals surface area contributed by atoms with Crippen LogP contribution in [0.2, 0.25) is 0 Å². The molecular weight excluding hydrogens is 230 g/mol. The highest BCUT2D eigenvalue weighted by atomic mass is 16.6. The van der Waals surface area contributed by atoms with Crippen molar-refractivity contribution in [2.24, 2.45) is 5.73 Å². The van der Waals surface area contributed by atoms with E-state index in [1.807, 2.05) is 0 Å². The van der Waals surface area contributed by atoms with E-state index in [1.165, 1.54) is 0 Å². The summed E-state index contributed by atoms with van der Waals surface area (Å²) in [7, 11) is 0. The van der Waals surface area contributed by atoms with Gasteiger partial charge in [0.2, 0.25) is 0 Å². The Kier molecular flexibility index (Phi) is 4.64. The zero-order chi connectivity index (χ0) is 13.1. The van der Waals surface area contributed by atoms with Crippen LogP contribution in [0.4, 0.5) is 0 Å². The lowest BCUT2D eigenvalue weighted by Gasteiger charge is -2.38. The lowest BCUT2D eigenvalue weighted by atomic mass is 9.90. The predicted molar refractivity (Wildman–Crippen MR) is 70.6 cm³/mol. The van der Waals surface area contributed by atoms with E-state index in [0.29, 0.717) is 6.61 Å². The molecule has 2 rings (SSSR count). The standard InChI is InChI=1S/C14H27NO3/c1-3-13(15,4-2)10-17-12-5-7-18-14(9-12)6-8-16-11-14/h12H,3-11,15H2,1-2H3. The van der Waals surface area contributed by atoms with Crippen LogP contribution >= 0.6 is 0 Å². The van der Waals surface area contributed by atoms with Gasteiger partial charge in [0.15, 0.2) is 0 Å². The van der Waals surface area contributed by atoms with Crippen LogP contribution in [-0.2, 0) is 14.2 Å². The topological polar surface area (TPSA) is 53.7 Å². The Hall–Kier alpha value is -0.160. The van der Waals surface area contributed by atoms with Gasteiger partial charge in [-0.1, -0.05) is 13.8 Å². The van der Waals surface area contributed by atoms with Gasteiger partial charge >= 0.3 is 0 Å². The minimum absolute atomic E-state index is 0.0708. The Balaban J connectivity index is 1.82. The Labute approximate surface area is 110 Å². The summed E-state index contributed by atoms with van der Waals surface area (Å²) in [5, 5.41) is 0. The van der Waals surface area contributed by atoms with Gasteiger partial charge < -0.3 is 19.9 Å². The first kappa shape index (κ1) is 14.3. The van der Waals surface area contributed by atoms with E-state index < -0.39 is 0 Å². The van der Waals surface area contributed by atoms with Gasteiger partial charge in [0.1, 0.15) is 0 Å². The number of hydrogen-bond donors (Lipinski definition) is 1. The van der Waals surface area contributed by atoms with Gasteiger partial charge in [-0.2, -0.15) is 0 Å². The highest BCUT2D eigenvalue weighted by molar-refractivity contribution is 4.91. The molecule has 2 unspecified atom stereocenters. The fourth-order valence-corrected chi connectivity index (χ4v) is 2.73. The summed E-state index contributed by atoms with van der Waals surface area (Å²) >= 11 is 0. The third-order valence-electron chi connectivity index (χ3n) is 4.53. The largest absolute Gasteiger partial charge is 0.378 e. The van der Waals surface area contributed by atoms with Crippen molar-refractivity contribution in [2.45, 2.75) is 63.2 Å². The maximum absolute atomic E-state index is 6.28. The average molecular weight is 257 g/mol. The Morgan fingerprint density at radius 1 is 1.33 bits per heavy atom. The fourth-order valence-electron chi connectivity index (χ4n) is 2.73. The molecule has 18 heavy (non-hydrogen) atoms. The molecule has 0 aromatic carbocycles. The van der Waals surface area contributed by atoms with E-state index in [0.717, 1.165) is 51.9 Å². The molecule has 0 radical (unpaired) electrons. The molecule has 4 heteroatoms. The third-order valence-corrected chi connectivity index (χ3v) is 4.53. The number of rotatable bonds is 5. The number of hydrogen-bond acceptors (Lipinski definition) is 4. The number of nitrogens with two attached hydrogens (primary N) is 1. The van der Waals surface area contributed by atoms with E-state index in [1.54, 1.807) is 0 Å².